The molecule has 3 aromatic rings. The predicted octanol–water partition coefficient (Wildman–Crippen LogP) is 9.36. The lowest BCUT2D eigenvalue weighted by atomic mass is 9.93. The number of carbonyl (C=O) groups excluding carboxylic acids is 1. The Morgan fingerprint density at radius 1 is 0.978 bits per heavy atom. The summed E-state index contributed by atoms with van der Waals surface area (Å²) < 4.78 is 6.11. The van der Waals surface area contributed by atoms with Gasteiger partial charge < -0.3 is 15.2 Å². The number of nitrogens with zero attached hydrogens (tertiary/aromatic N) is 1. The number of hydrogen-bond acceptors (Lipinski definition) is 5. The molecule has 6 nitrogen and oxygen atoms in total. The molecule has 1 amide bonds. The molecular formula is C39H58N2O4S. The molecule has 0 aromatic heterocycles. The van der Waals surface area contributed by atoms with Crippen LogP contribution in [-0.2, 0) is 11.3 Å². The SMILES string of the molecule is CC.CC.CCC.CSCCC(NC(=O)c1ccc(CN2CC(C)CC2COc2ccccc2)cc1-c1ccccc1C)C(=O)O. The van der Waals surface area contributed by atoms with Gasteiger partial charge in [-0.1, -0.05) is 103 Å². The molecule has 0 aliphatic carbocycles. The fourth-order valence-electron chi connectivity index (χ4n) is 5.26. The first-order valence-electron chi connectivity index (χ1n) is 16.9. The minimum Gasteiger partial charge on any atom is -0.492 e. The number of aliphatic carboxylic acids is 1. The summed E-state index contributed by atoms with van der Waals surface area (Å²) >= 11 is 1.56. The van der Waals surface area contributed by atoms with Crippen LogP contribution in [0.1, 0.15) is 89.2 Å². The summed E-state index contributed by atoms with van der Waals surface area (Å²) in [6.07, 6.45) is 4.62. The number of aryl methyl sites for hydroxylation is 1. The fourth-order valence-corrected chi connectivity index (χ4v) is 5.73. The first-order valence-corrected chi connectivity index (χ1v) is 18.3. The Hall–Kier alpha value is -3.29. The van der Waals surface area contributed by atoms with Crippen LogP contribution >= 0.6 is 11.8 Å². The van der Waals surface area contributed by atoms with E-state index in [0.717, 1.165) is 47.5 Å². The zero-order chi connectivity index (χ0) is 34.5. The highest BCUT2D eigenvalue weighted by Gasteiger charge is 2.30. The van der Waals surface area contributed by atoms with Gasteiger partial charge in [-0.2, -0.15) is 11.8 Å². The van der Waals surface area contributed by atoms with Crippen molar-refractivity contribution in [1.82, 2.24) is 10.2 Å². The molecule has 1 aliphatic heterocycles. The van der Waals surface area contributed by atoms with Gasteiger partial charge in [0.05, 0.1) is 0 Å². The van der Waals surface area contributed by atoms with E-state index < -0.39 is 12.0 Å². The van der Waals surface area contributed by atoms with E-state index in [2.05, 4.69) is 37.1 Å². The van der Waals surface area contributed by atoms with Crippen LogP contribution in [-0.4, -0.2) is 59.1 Å². The predicted molar refractivity (Wildman–Crippen MR) is 197 cm³/mol. The Balaban J connectivity index is 0.00000140. The zero-order valence-electron chi connectivity index (χ0n) is 29.6. The van der Waals surface area contributed by atoms with E-state index >= 15 is 0 Å². The third-order valence-electron chi connectivity index (χ3n) is 7.29. The van der Waals surface area contributed by atoms with E-state index in [1.165, 1.54) is 6.42 Å². The van der Waals surface area contributed by atoms with Crippen LogP contribution in [0.25, 0.3) is 11.1 Å². The lowest BCUT2D eigenvalue weighted by Gasteiger charge is -2.25. The molecule has 46 heavy (non-hydrogen) atoms. The maximum absolute atomic E-state index is 13.4. The molecule has 3 aromatic carbocycles. The van der Waals surface area contributed by atoms with Crippen molar-refractivity contribution in [3.8, 4) is 16.9 Å². The Kier molecular flexibility index (Phi) is 20.5. The second-order valence-electron chi connectivity index (χ2n) is 11.1. The molecule has 3 atom stereocenters. The number of para-hydroxylation sites is 1. The first kappa shape index (κ1) is 40.7. The molecule has 0 saturated carbocycles. The van der Waals surface area contributed by atoms with E-state index in [0.29, 0.717) is 36.3 Å². The molecule has 2 N–H and O–H groups in total. The summed E-state index contributed by atoms with van der Waals surface area (Å²) in [7, 11) is 0. The van der Waals surface area contributed by atoms with Gasteiger partial charge in [0.25, 0.3) is 5.91 Å². The molecule has 1 fully saturated rings. The average molecular weight is 651 g/mol. The monoisotopic (exact) mass is 650 g/mol. The van der Waals surface area contributed by atoms with Crippen LogP contribution < -0.4 is 10.1 Å². The lowest BCUT2D eigenvalue weighted by molar-refractivity contribution is -0.139. The van der Waals surface area contributed by atoms with Gasteiger partial charge in [0, 0.05) is 24.7 Å². The van der Waals surface area contributed by atoms with Gasteiger partial charge in [0.15, 0.2) is 0 Å². The van der Waals surface area contributed by atoms with Crippen LogP contribution in [0, 0.1) is 12.8 Å². The summed E-state index contributed by atoms with van der Waals surface area (Å²) in [6, 6.07) is 23.2. The van der Waals surface area contributed by atoms with Gasteiger partial charge in [-0.15, -0.1) is 0 Å². The summed E-state index contributed by atoms with van der Waals surface area (Å²) in [5.74, 6) is 0.732. The van der Waals surface area contributed by atoms with Gasteiger partial charge >= 0.3 is 5.97 Å². The van der Waals surface area contributed by atoms with Gasteiger partial charge in [0.2, 0.25) is 0 Å². The minimum absolute atomic E-state index is 0.304. The van der Waals surface area contributed by atoms with Gasteiger partial charge in [-0.25, -0.2) is 4.79 Å². The second kappa shape index (κ2) is 23.1. The van der Waals surface area contributed by atoms with E-state index in [4.69, 9.17) is 4.74 Å². The molecule has 1 saturated heterocycles. The van der Waals surface area contributed by atoms with Gasteiger partial charge in [0.1, 0.15) is 18.4 Å². The molecule has 254 valence electrons. The highest BCUT2D eigenvalue weighted by molar-refractivity contribution is 7.98. The number of benzene rings is 3. The average Bonchev–Trinajstić information content (AvgIpc) is 3.42. The van der Waals surface area contributed by atoms with Gasteiger partial charge in [-0.05, 0) is 84.2 Å². The largest absolute Gasteiger partial charge is 0.492 e. The number of carboxylic acids is 1. The molecule has 4 rings (SSSR count). The molecule has 0 bridgehead atoms. The zero-order valence-corrected chi connectivity index (χ0v) is 30.5. The molecular weight excluding hydrogens is 593 g/mol. The summed E-state index contributed by atoms with van der Waals surface area (Å²) in [6.45, 7) is 18.9. The summed E-state index contributed by atoms with van der Waals surface area (Å²) in [4.78, 5) is 27.6. The number of carboxylic acid groups (broad SMARTS) is 1. The van der Waals surface area contributed by atoms with E-state index in [1.54, 1.807) is 11.8 Å². The van der Waals surface area contributed by atoms with E-state index in [9.17, 15) is 14.7 Å². The first-order chi connectivity index (χ1) is 22.3. The van der Waals surface area contributed by atoms with Crippen molar-refractivity contribution in [2.24, 2.45) is 5.92 Å². The maximum Gasteiger partial charge on any atom is 0.326 e. The molecule has 3 unspecified atom stereocenters. The van der Waals surface area contributed by atoms with Crippen molar-refractivity contribution in [3.05, 3.63) is 89.5 Å². The second-order valence-corrected chi connectivity index (χ2v) is 12.1. The Labute approximate surface area is 283 Å². The van der Waals surface area contributed by atoms with Crippen molar-refractivity contribution in [2.45, 2.75) is 93.3 Å². The fraction of sp³-hybridized carbons (Fsp3) is 0.487. The number of thioether (sulfide) groups is 1. The van der Waals surface area contributed by atoms with Crippen molar-refractivity contribution in [2.75, 3.05) is 25.2 Å². The molecule has 7 heteroatoms. The highest BCUT2D eigenvalue weighted by Crippen LogP contribution is 2.31. The molecule has 0 spiro atoms. The quantitative estimate of drug-likeness (QED) is 0.203. The Bertz CT molecular complexity index is 1280. The van der Waals surface area contributed by atoms with Crippen LogP contribution in [0.3, 0.4) is 0 Å². The topological polar surface area (TPSA) is 78.9 Å². The number of carbonyl (C=O) groups is 2. The number of ether oxygens (including phenoxy) is 1. The van der Waals surface area contributed by atoms with Crippen LogP contribution in [0.2, 0.25) is 0 Å². The maximum atomic E-state index is 13.4. The van der Waals surface area contributed by atoms with Crippen LogP contribution in [0.5, 0.6) is 5.75 Å². The molecule has 1 aliphatic rings. The molecule has 1 heterocycles. The number of likely N-dealkylation sites (tertiary alicyclic amines) is 1. The summed E-state index contributed by atoms with van der Waals surface area (Å²) in [5, 5.41) is 12.4. The number of amides is 1. The van der Waals surface area contributed by atoms with Gasteiger partial charge in [-0.3, -0.25) is 9.69 Å². The van der Waals surface area contributed by atoms with Crippen molar-refractivity contribution >= 4 is 23.6 Å². The standard InChI is InChI=1S/C32H38N2O4S.C3H8.2C2H6/c1-22-17-25(21-38-26-10-5-4-6-11-26)34(19-22)20-24-13-14-28(29(18-24)27-12-8-7-9-23(27)2)31(35)33-30(32(36)37)15-16-39-3;1-3-2;2*1-2/h4-14,18,22,25,30H,15-17,19-21H2,1-3H3,(H,33,35)(H,36,37);3H2,1-2H3;2*1-2H3. The normalized spacial score (nSPS) is 15.9. The van der Waals surface area contributed by atoms with E-state index in [1.807, 2.05) is 108 Å². The Morgan fingerprint density at radius 2 is 1.61 bits per heavy atom. The van der Waals surface area contributed by atoms with Crippen molar-refractivity contribution < 1.29 is 19.4 Å². The third-order valence-corrected chi connectivity index (χ3v) is 7.93. The molecule has 0 radical (unpaired) electrons. The van der Waals surface area contributed by atoms with Crippen LogP contribution in [0.15, 0.2) is 72.8 Å². The summed E-state index contributed by atoms with van der Waals surface area (Å²) in [5.41, 5.74) is 4.45. The third kappa shape index (κ3) is 13.2. The lowest BCUT2D eigenvalue weighted by Crippen LogP contribution is -2.41. The van der Waals surface area contributed by atoms with E-state index in [-0.39, 0.29) is 5.91 Å². The Morgan fingerprint density at radius 3 is 2.22 bits per heavy atom. The number of rotatable bonds is 12. The van der Waals surface area contributed by atoms with Crippen molar-refractivity contribution in [3.63, 3.8) is 0 Å². The van der Waals surface area contributed by atoms with Crippen LogP contribution in [0.4, 0.5) is 0 Å². The highest BCUT2D eigenvalue weighted by atomic mass is 32.2. The number of nitrogens with one attached hydrogen (secondary N) is 1. The smallest absolute Gasteiger partial charge is 0.326 e. The number of hydrogen-bond donors (Lipinski definition) is 2. The minimum atomic E-state index is -1.02. The van der Waals surface area contributed by atoms with Crippen molar-refractivity contribution in [1.29, 1.82) is 0 Å².